The van der Waals surface area contributed by atoms with E-state index in [2.05, 4.69) is 10.1 Å². The molecule has 18 heavy (non-hydrogen) atoms. The normalized spacial score (nSPS) is 10.8. The molecule has 2 heterocycles. The van der Waals surface area contributed by atoms with Gasteiger partial charge in [-0.2, -0.15) is 5.10 Å². The number of rotatable bonds is 3. The van der Waals surface area contributed by atoms with Crippen molar-refractivity contribution in [2.75, 3.05) is 0 Å². The van der Waals surface area contributed by atoms with E-state index in [0.29, 0.717) is 18.5 Å². The van der Waals surface area contributed by atoms with Gasteiger partial charge in [-0.15, -0.1) is 0 Å². The van der Waals surface area contributed by atoms with Crippen LogP contribution in [0.3, 0.4) is 0 Å². The molecule has 1 N–H and O–H groups in total. The van der Waals surface area contributed by atoms with Crippen molar-refractivity contribution < 1.29 is 0 Å². The monoisotopic (exact) mass is 248 g/mol. The second-order valence-corrected chi connectivity index (χ2v) is 4.30. The summed E-state index contributed by atoms with van der Waals surface area (Å²) in [4.78, 5) is 25.5. The number of nitrogens with zero attached hydrogens (tertiary/aromatic N) is 3. The van der Waals surface area contributed by atoms with Crippen LogP contribution >= 0.6 is 0 Å². The third-order valence-corrected chi connectivity index (χ3v) is 2.90. The number of hydrogen-bond acceptors (Lipinski definition) is 3. The molecule has 0 unspecified atom stereocenters. The Hall–Kier alpha value is -2.11. The van der Waals surface area contributed by atoms with E-state index in [4.69, 9.17) is 0 Å². The van der Waals surface area contributed by atoms with Gasteiger partial charge in [-0.05, 0) is 19.4 Å². The standard InChI is InChI=1S/C12H16N4O2/c1-4-9-6-16(12(18)13-11(9)17)7-10-5-8(2)14-15(10)3/h5-6H,4,7H2,1-3H3,(H,13,17,18). The third kappa shape index (κ3) is 2.27. The maximum Gasteiger partial charge on any atom is 0.328 e. The van der Waals surface area contributed by atoms with E-state index in [9.17, 15) is 9.59 Å². The van der Waals surface area contributed by atoms with Crippen molar-refractivity contribution in [1.29, 1.82) is 0 Å². The van der Waals surface area contributed by atoms with Crippen LogP contribution in [-0.2, 0) is 20.0 Å². The zero-order chi connectivity index (χ0) is 13.3. The van der Waals surface area contributed by atoms with Gasteiger partial charge in [-0.3, -0.25) is 19.0 Å². The average molecular weight is 248 g/mol. The second-order valence-electron chi connectivity index (χ2n) is 4.30. The molecule has 2 aromatic heterocycles. The topological polar surface area (TPSA) is 72.7 Å². The first-order valence-electron chi connectivity index (χ1n) is 5.83. The lowest BCUT2D eigenvalue weighted by Gasteiger charge is -2.06. The number of H-pyrrole nitrogens is 1. The highest BCUT2D eigenvalue weighted by Gasteiger charge is 2.07. The Morgan fingerprint density at radius 1 is 1.39 bits per heavy atom. The summed E-state index contributed by atoms with van der Waals surface area (Å²) in [5, 5.41) is 4.23. The third-order valence-electron chi connectivity index (χ3n) is 2.90. The molecule has 6 heteroatoms. The summed E-state index contributed by atoms with van der Waals surface area (Å²) < 4.78 is 3.23. The molecule has 0 aliphatic rings. The van der Waals surface area contributed by atoms with Gasteiger partial charge in [0, 0.05) is 18.8 Å². The molecule has 0 fully saturated rings. The zero-order valence-electron chi connectivity index (χ0n) is 10.7. The first kappa shape index (κ1) is 12.3. The number of aryl methyl sites for hydroxylation is 3. The van der Waals surface area contributed by atoms with Gasteiger partial charge >= 0.3 is 5.69 Å². The van der Waals surface area contributed by atoms with Crippen LogP contribution < -0.4 is 11.2 Å². The minimum absolute atomic E-state index is 0.306. The van der Waals surface area contributed by atoms with Crippen LogP contribution in [0.1, 0.15) is 23.9 Å². The van der Waals surface area contributed by atoms with E-state index in [0.717, 1.165) is 11.4 Å². The lowest BCUT2D eigenvalue weighted by atomic mass is 10.2. The van der Waals surface area contributed by atoms with Crippen LogP contribution in [-0.4, -0.2) is 19.3 Å². The second kappa shape index (κ2) is 4.64. The van der Waals surface area contributed by atoms with E-state index < -0.39 is 5.69 Å². The molecule has 0 amide bonds. The smallest absolute Gasteiger partial charge is 0.294 e. The van der Waals surface area contributed by atoms with Gasteiger partial charge in [-0.1, -0.05) is 6.92 Å². The van der Waals surface area contributed by atoms with Gasteiger partial charge in [0.05, 0.1) is 17.9 Å². The summed E-state index contributed by atoms with van der Waals surface area (Å²) in [6.07, 6.45) is 2.21. The summed E-state index contributed by atoms with van der Waals surface area (Å²) in [5.41, 5.74) is 1.73. The minimum Gasteiger partial charge on any atom is -0.294 e. The lowest BCUT2D eigenvalue weighted by molar-refractivity contribution is 0.634. The van der Waals surface area contributed by atoms with Crippen molar-refractivity contribution in [2.24, 2.45) is 7.05 Å². The van der Waals surface area contributed by atoms with Gasteiger partial charge < -0.3 is 0 Å². The highest BCUT2D eigenvalue weighted by molar-refractivity contribution is 5.11. The fourth-order valence-corrected chi connectivity index (χ4v) is 1.91. The molecule has 96 valence electrons. The highest BCUT2D eigenvalue weighted by Crippen LogP contribution is 2.03. The van der Waals surface area contributed by atoms with Gasteiger partial charge in [0.2, 0.25) is 0 Å². The number of aromatic nitrogens is 4. The Kier molecular flexibility index (Phi) is 3.18. The van der Waals surface area contributed by atoms with Crippen LogP contribution in [0, 0.1) is 6.92 Å². The van der Waals surface area contributed by atoms with E-state index in [-0.39, 0.29) is 5.56 Å². The SMILES string of the molecule is CCc1cn(Cc2cc(C)nn2C)c(=O)[nH]c1=O. The van der Waals surface area contributed by atoms with E-state index in [1.807, 2.05) is 27.0 Å². The molecule has 0 spiro atoms. The van der Waals surface area contributed by atoms with Crippen molar-refractivity contribution in [1.82, 2.24) is 19.3 Å². The molecule has 0 aromatic carbocycles. The van der Waals surface area contributed by atoms with Crippen molar-refractivity contribution in [3.8, 4) is 0 Å². The molecule has 0 aliphatic carbocycles. The Balaban J connectivity index is 2.43. The molecule has 0 aliphatic heterocycles. The Bertz CT molecular complexity index is 678. The first-order chi connectivity index (χ1) is 8.51. The fraction of sp³-hybridized carbons (Fsp3) is 0.417. The fourth-order valence-electron chi connectivity index (χ4n) is 1.91. The molecule has 0 saturated carbocycles. The summed E-state index contributed by atoms with van der Waals surface area (Å²) >= 11 is 0. The predicted octanol–water partition coefficient (Wildman–Crippen LogP) is 0.189. The molecule has 2 rings (SSSR count). The van der Waals surface area contributed by atoms with E-state index >= 15 is 0 Å². The summed E-state index contributed by atoms with van der Waals surface area (Å²) in [7, 11) is 1.83. The van der Waals surface area contributed by atoms with Crippen molar-refractivity contribution in [2.45, 2.75) is 26.8 Å². The van der Waals surface area contributed by atoms with Crippen LogP contribution in [0.4, 0.5) is 0 Å². The Morgan fingerprint density at radius 3 is 2.67 bits per heavy atom. The Morgan fingerprint density at radius 2 is 2.11 bits per heavy atom. The molecule has 6 nitrogen and oxygen atoms in total. The first-order valence-corrected chi connectivity index (χ1v) is 5.83. The maximum absolute atomic E-state index is 11.7. The van der Waals surface area contributed by atoms with E-state index in [1.54, 1.807) is 10.9 Å². The summed E-state index contributed by atoms with van der Waals surface area (Å²) in [6.45, 7) is 4.18. The number of hydrogen-bond donors (Lipinski definition) is 1. The van der Waals surface area contributed by atoms with Crippen molar-refractivity contribution in [3.63, 3.8) is 0 Å². The largest absolute Gasteiger partial charge is 0.328 e. The van der Waals surface area contributed by atoms with Gasteiger partial charge in [0.1, 0.15) is 0 Å². The van der Waals surface area contributed by atoms with Crippen molar-refractivity contribution >= 4 is 0 Å². The summed E-state index contributed by atoms with van der Waals surface area (Å²) in [6, 6.07) is 1.92. The average Bonchev–Trinajstić information content (AvgIpc) is 2.61. The molecular weight excluding hydrogens is 232 g/mol. The minimum atomic E-state index is -0.393. The molecule has 0 bridgehead atoms. The van der Waals surface area contributed by atoms with Crippen LogP contribution in [0.2, 0.25) is 0 Å². The zero-order valence-corrected chi connectivity index (χ0v) is 10.7. The van der Waals surface area contributed by atoms with E-state index in [1.165, 1.54) is 4.57 Å². The maximum atomic E-state index is 11.7. The highest BCUT2D eigenvalue weighted by atomic mass is 16.2. The van der Waals surface area contributed by atoms with Gasteiger partial charge in [-0.25, -0.2) is 4.79 Å². The quantitative estimate of drug-likeness (QED) is 0.842. The lowest BCUT2D eigenvalue weighted by Crippen LogP contribution is -2.32. The van der Waals surface area contributed by atoms with Gasteiger partial charge in [0.15, 0.2) is 0 Å². The number of nitrogens with one attached hydrogen (secondary N) is 1. The van der Waals surface area contributed by atoms with Crippen LogP contribution in [0.25, 0.3) is 0 Å². The van der Waals surface area contributed by atoms with Gasteiger partial charge in [0.25, 0.3) is 5.56 Å². The van der Waals surface area contributed by atoms with Crippen molar-refractivity contribution in [3.05, 3.63) is 50.1 Å². The summed E-state index contributed by atoms with van der Waals surface area (Å²) in [5.74, 6) is 0. The molecule has 0 radical (unpaired) electrons. The molecule has 0 atom stereocenters. The predicted molar refractivity (Wildman–Crippen MR) is 67.7 cm³/mol. The van der Waals surface area contributed by atoms with Crippen LogP contribution in [0.15, 0.2) is 21.9 Å². The molecule has 2 aromatic rings. The molecule has 0 saturated heterocycles. The van der Waals surface area contributed by atoms with Crippen LogP contribution in [0.5, 0.6) is 0 Å². The molecular formula is C12H16N4O2. The number of aromatic amines is 1. The Labute approximate surface area is 104 Å².